The number of halogens is 1. The van der Waals surface area contributed by atoms with Gasteiger partial charge < -0.3 is 4.98 Å². The maximum absolute atomic E-state index is 12.5. The first-order valence-corrected chi connectivity index (χ1v) is 10.3. The highest BCUT2D eigenvalue weighted by Gasteiger charge is 2.13. The molecule has 3 aromatic heterocycles. The van der Waals surface area contributed by atoms with Crippen molar-refractivity contribution in [1.82, 2.24) is 15.0 Å². The summed E-state index contributed by atoms with van der Waals surface area (Å²) in [5.74, 6) is 1.03. The molecule has 0 aliphatic heterocycles. The molecule has 132 valence electrons. The van der Waals surface area contributed by atoms with Crippen LogP contribution in [0.1, 0.15) is 36.3 Å². The molecular formula is C19H16ClN3OS2. The third kappa shape index (κ3) is 3.32. The topological polar surface area (TPSA) is 58.6 Å². The normalized spacial score (nSPS) is 11.5. The van der Waals surface area contributed by atoms with Crippen molar-refractivity contribution < 1.29 is 0 Å². The van der Waals surface area contributed by atoms with Gasteiger partial charge in [0.15, 0.2) is 0 Å². The molecule has 0 amide bonds. The summed E-state index contributed by atoms with van der Waals surface area (Å²) in [4.78, 5) is 25.6. The Bertz CT molecular complexity index is 1140. The zero-order chi connectivity index (χ0) is 18.3. The molecule has 4 nitrogen and oxygen atoms in total. The van der Waals surface area contributed by atoms with Crippen molar-refractivity contribution in [2.24, 2.45) is 0 Å². The second kappa shape index (κ2) is 6.95. The zero-order valence-electron chi connectivity index (χ0n) is 14.2. The van der Waals surface area contributed by atoms with Crippen LogP contribution >= 0.6 is 34.3 Å². The van der Waals surface area contributed by atoms with Crippen LogP contribution in [0.25, 0.3) is 20.7 Å². The smallest absolute Gasteiger partial charge is 0.268 e. The van der Waals surface area contributed by atoms with E-state index in [4.69, 9.17) is 11.6 Å². The van der Waals surface area contributed by atoms with Crippen LogP contribution in [0, 0.1) is 0 Å². The van der Waals surface area contributed by atoms with Gasteiger partial charge in [-0.05, 0) is 12.1 Å². The lowest BCUT2D eigenvalue weighted by Crippen LogP contribution is -2.10. The summed E-state index contributed by atoms with van der Waals surface area (Å²) in [6.45, 7) is 4.24. The van der Waals surface area contributed by atoms with Crippen molar-refractivity contribution in [3.63, 3.8) is 0 Å². The fourth-order valence-electron chi connectivity index (χ4n) is 2.71. The van der Waals surface area contributed by atoms with E-state index in [0.717, 1.165) is 21.1 Å². The molecule has 0 aliphatic carbocycles. The van der Waals surface area contributed by atoms with Crippen molar-refractivity contribution in [1.29, 1.82) is 0 Å². The third-order valence-corrected chi connectivity index (χ3v) is 6.66. The van der Waals surface area contributed by atoms with Gasteiger partial charge in [-0.25, -0.2) is 9.97 Å². The van der Waals surface area contributed by atoms with Gasteiger partial charge in [0, 0.05) is 33.2 Å². The first-order chi connectivity index (χ1) is 12.5. The van der Waals surface area contributed by atoms with Gasteiger partial charge in [0.2, 0.25) is 0 Å². The minimum absolute atomic E-state index is 0.118. The number of thiazole rings is 1. The first-order valence-electron chi connectivity index (χ1n) is 8.23. The second-order valence-electron chi connectivity index (χ2n) is 6.33. The van der Waals surface area contributed by atoms with Gasteiger partial charge in [0.05, 0.1) is 16.2 Å². The Morgan fingerprint density at radius 2 is 2.04 bits per heavy atom. The minimum Gasteiger partial charge on any atom is -0.309 e. The van der Waals surface area contributed by atoms with Crippen molar-refractivity contribution >= 4 is 44.5 Å². The Morgan fingerprint density at radius 1 is 1.23 bits per heavy atom. The van der Waals surface area contributed by atoms with E-state index in [1.165, 1.54) is 11.3 Å². The molecule has 0 bridgehead atoms. The van der Waals surface area contributed by atoms with Crippen LogP contribution in [0.3, 0.4) is 0 Å². The maximum Gasteiger partial charge on any atom is 0.268 e. The minimum atomic E-state index is -0.118. The van der Waals surface area contributed by atoms with Gasteiger partial charge >= 0.3 is 0 Å². The molecule has 0 atom stereocenters. The van der Waals surface area contributed by atoms with E-state index in [-0.39, 0.29) is 5.56 Å². The Morgan fingerprint density at radius 3 is 2.77 bits per heavy atom. The van der Waals surface area contributed by atoms with Crippen molar-refractivity contribution in [2.75, 3.05) is 0 Å². The number of hydrogen-bond acceptors (Lipinski definition) is 5. The van der Waals surface area contributed by atoms with Gasteiger partial charge in [0.25, 0.3) is 5.56 Å². The molecule has 0 radical (unpaired) electrons. The van der Waals surface area contributed by atoms with Gasteiger partial charge in [-0.3, -0.25) is 4.79 Å². The van der Waals surface area contributed by atoms with Crippen LogP contribution in [0.2, 0.25) is 5.02 Å². The predicted octanol–water partition coefficient (Wildman–Crippen LogP) is 5.48. The number of H-pyrrole nitrogens is 1. The van der Waals surface area contributed by atoms with Crippen LogP contribution in [-0.4, -0.2) is 15.0 Å². The van der Waals surface area contributed by atoms with Crippen LogP contribution in [0.5, 0.6) is 0 Å². The van der Waals surface area contributed by atoms with Gasteiger partial charge in [-0.1, -0.05) is 43.6 Å². The Kier molecular flexibility index (Phi) is 4.65. The fourth-order valence-corrected chi connectivity index (χ4v) is 4.87. The molecule has 1 aromatic carbocycles. The molecule has 0 unspecified atom stereocenters. The predicted molar refractivity (Wildman–Crippen MR) is 110 cm³/mol. The van der Waals surface area contributed by atoms with Gasteiger partial charge in [-0.2, -0.15) is 0 Å². The van der Waals surface area contributed by atoms with Crippen LogP contribution in [0.4, 0.5) is 0 Å². The Balaban J connectivity index is 1.72. The number of aromatic amines is 1. The van der Waals surface area contributed by atoms with Gasteiger partial charge in [0.1, 0.15) is 10.5 Å². The molecule has 26 heavy (non-hydrogen) atoms. The summed E-state index contributed by atoms with van der Waals surface area (Å²) in [7, 11) is 0. The molecule has 7 heteroatoms. The number of fused-ring (bicyclic) bond motifs is 1. The fraction of sp³-hybridized carbons (Fsp3) is 0.211. The molecule has 4 aromatic rings. The molecule has 0 saturated carbocycles. The first kappa shape index (κ1) is 17.4. The van der Waals surface area contributed by atoms with Gasteiger partial charge in [-0.15, -0.1) is 22.7 Å². The van der Waals surface area contributed by atoms with E-state index in [1.807, 2.05) is 35.7 Å². The lowest BCUT2D eigenvalue weighted by molar-refractivity contribution is 0.836. The van der Waals surface area contributed by atoms with Crippen LogP contribution < -0.4 is 5.56 Å². The molecular weight excluding hydrogens is 386 g/mol. The van der Waals surface area contributed by atoms with E-state index < -0.39 is 0 Å². The SMILES string of the molecule is CC(C)c1nc(Cc2nc3cc(-c4ccccc4Cl)sc3c(=O)[nH]2)cs1. The number of benzene rings is 1. The summed E-state index contributed by atoms with van der Waals surface area (Å²) in [5, 5.41) is 3.79. The average Bonchev–Trinajstić information content (AvgIpc) is 3.22. The number of nitrogens with zero attached hydrogens (tertiary/aromatic N) is 2. The highest BCUT2D eigenvalue weighted by Crippen LogP contribution is 2.35. The van der Waals surface area contributed by atoms with E-state index in [0.29, 0.717) is 33.4 Å². The maximum atomic E-state index is 12.5. The monoisotopic (exact) mass is 401 g/mol. The Hall–Kier alpha value is -2.02. The Labute approximate surface area is 163 Å². The quantitative estimate of drug-likeness (QED) is 0.492. The van der Waals surface area contributed by atoms with Crippen molar-refractivity contribution in [3.8, 4) is 10.4 Å². The summed E-state index contributed by atoms with van der Waals surface area (Å²) in [6.07, 6.45) is 0.520. The number of rotatable bonds is 4. The number of hydrogen-bond donors (Lipinski definition) is 1. The number of aromatic nitrogens is 3. The zero-order valence-corrected chi connectivity index (χ0v) is 16.6. The summed E-state index contributed by atoms with van der Waals surface area (Å²) in [5.41, 5.74) is 2.43. The summed E-state index contributed by atoms with van der Waals surface area (Å²) in [6, 6.07) is 9.55. The largest absolute Gasteiger partial charge is 0.309 e. The highest BCUT2D eigenvalue weighted by molar-refractivity contribution is 7.22. The molecule has 3 heterocycles. The summed E-state index contributed by atoms with van der Waals surface area (Å²) < 4.78 is 0.616. The molecule has 1 N–H and O–H groups in total. The highest BCUT2D eigenvalue weighted by atomic mass is 35.5. The third-order valence-electron chi connectivity index (χ3n) is 3.98. The van der Waals surface area contributed by atoms with E-state index in [2.05, 4.69) is 28.8 Å². The number of thiophene rings is 1. The van der Waals surface area contributed by atoms with E-state index in [1.54, 1.807) is 11.3 Å². The van der Waals surface area contributed by atoms with E-state index in [9.17, 15) is 4.79 Å². The lowest BCUT2D eigenvalue weighted by Gasteiger charge is -1.99. The van der Waals surface area contributed by atoms with Crippen LogP contribution in [-0.2, 0) is 6.42 Å². The molecule has 0 saturated heterocycles. The molecule has 0 fully saturated rings. The van der Waals surface area contributed by atoms with Crippen LogP contribution in [0.15, 0.2) is 40.5 Å². The molecule has 0 spiro atoms. The van der Waals surface area contributed by atoms with Crippen molar-refractivity contribution in [3.05, 3.63) is 67.6 Å². The lowest BCUT2D eigenvalue weighted by atomic mass is 10.2. The average molecular weight is 402 g/mol. The van der Waals surface area contributed by atoms with E-state index >= 15 is 0 Å². The molecule has 0 aliphatic rings. The number of nitrogens with one attached hydrogen (secondary N) is 1. The standard InChI is InChI=1S/C19H16ClN3OS2/c1-10(2)19-21-11(9-25-19)7-16-22-14-8-15(26-17(14)18(24)23-16)12-5-3-4-6-13(12)20/h3-6,8-10H,7H2,1-2H3,(H,22,23,24). The molecule has 4 rings (SSSR count). The second-order valence-corrected chi connectivity index (χ2v) is 8.68. The van der Waals surface area contributed by atoms with Crippen molar-refractivity contribution in [2.45, 2.75) is 26.2 Å². The summed E-state index contributed by atoms with van der Waals surface area (Å²) >= 11 is 9.34.